The molecule has 1 rings (SSSR count). The van der Waals surface area contributed by atoms with Crippen LogP contribution in [0.2, 0.25) is 0 Å². The molecule has 3 N–H and O–H groups in total. The molecule has 98 valence electrons. The van der Waals surface area contributed by atoms with Crippen LogP contribution in [0, 0.1) is 0 Å². The molecule has 0 aromatic rings. The molecular weight excluding hydrogens is 234 g/mol. The summed E-state index contributed by atoms with van der Waals surface area (Å²) in [6.07, 6.45) is 5.11. The number of carbonyl (C=O) groups is 1. The highest BCUT2D eigenvalue weighted by Crippen LogP contribution is 2.15. The van der Waals surface area contributed by atoms with Crippen LogP contribution in [0.4, 0.5) is 0 Å². The number of nitrogens with two attached hydrogens (primary N) is 1. The van der Waals surface area contributed by atoms with Gasteiger partial charge >= 0.3 is 0 Å². The topological polar surface area (TPSA) is 58.4 Å². The van der Waals surface area contributed by atoms with Gasteiger partial charge in [-0.1, -0.05) is 18.6 Å². The van der Waals surface area contributed by atoms with Crippen LogP contribution in [-0.2, 0) is 4.79 Å². The Morgan fingerprint density at radius 1 is 1.53 bits per heavy atom. The van der Waals surface area contributed by atoms with Gasteiger partial charge in [0.05, 0.1) is 11.4 Å². The number of hydrogen-bond donors (Lipinski definition) is 2. The third kappa shape index (κ3) is 5.98. The smallest absolute Gasteiger partial charge is 0.226 e. The van der Waals surface area contributed by atoms with E-state index in [4.69, 9.17) is 5.73 Å². The first kappa shape index (κ1) is 14.4. The summed E-state index contributed by atoms with van der Waals surface area (Å²) in [7, 11) is 0. The number of hydrogen-bond acceptors (Lipinski definition) is 3. The first-order valence-corrected chi connectivity index (χ1v) is 6.79. The zero-order valence-corrected chi connectivity index (χ0v) is 11.4. The number of carbonyl (C=O) groups excluding carboxylic acids is 1. The fourth-order valence-corrected chi connectivity index (χ4v) is 2.35. The molecule has 1 aliphatic heterocycles. The minimum Gasteiger partial charge on any atom is -0.393 e. The SMILES string of the molecule is CC1CCCCN1CCCNC(=O)CC(N)=S. The highest BCUT2D eigenvalue weighted by molar-refractivity contribution is 7.80. The van der Waals surface area contributed by atoms with E-state index in [0.29, 0.717) is 12.6 Å². The van der Waals surface area contributed by atoms with Crippen molar-refractivity contribution in [2.45, 2.75) is 45.1 Å². The fourth-order valence-electron chi connectivity index (χ4n) is 2.22. The first-order valence-electron chi connectivity index (χ1n) is 6.38. The number of nitrogens with one attached hydrogen (secondary N) is 1. The van der Waals surface area contributed by atoms with Gasteiger partial charge in [0.1, 0.15) is 0 Å². The van der Waals surface area contributed by atoms with Crippen LogP contribution in [0.15, 0.2) is 0 Å². The zero-order chi connectivity index (χ0) is 12.7. The summed E-state index contributed by atoms with van der Waals surface area (Å²) in [4.78, 5) is 14.0. The van der Waals surface area contributed by atoms with Gasteiger partial charge in [-0.05, 0) is 32.7 Å². The second-order valence-corrected chi connectivity index (χ2v) is 5.25. The monoisotopic (exact) mass is 257 g/mol. The van der Waals surface area contributed by atoms with Crippen molar-refractivity contribution in [1.29, 1.82) is 0 Å². The van der Waals surface area contributed by atoms with E-state index < -0.39 is 0 Å². The van der Waals surface area contributed by atoms with Crippen LogP contribution in [0.5, 0.6) is 0 Å². The maximum Gasteiger partial charge on any atom is 0.226 e. The van der Waals surface area contributed by atoms with Crippen molar-refractivity contribution in [2.24, 2.45) is 5.73 Å². The van der Waals surface area contributed by atoms with Crippen LogP contribution in [0.1, 0.15) is 39.0 Å². The summed E-state index contributed by atoms with van der Waals surface area (Å²) in [6.45, 7) is 5.26. The van der Waals surface area contributed by atoms with Crippen LogP contribution < -0.4 is 11.1 Å². The zero-order valence-electron chi connectivity index (χ0n) is 10.6. The predicted octanol–water partition coefficient (Wildman–Crippen LogP) is 1.04. The Morgan fingerprint density at radius 2 is 2.29 bits per heavy atom. The summed E-state index contributed by atoms with van der Waals surface area (Å²) in [5, 5.41) is 2.84. The largest absolute Gasteiger partial charge is 0.393 e. The summed E-state index contributed by atoms with van der Waals surface area (Å²) in [6, 6.07) is 0.691. The number of thiocarbonyl (C=S) groups is 1. The highest BCUT2D eigenvalue weighted by atomic mass is 32.1. The van der Waals surface area contributed by atoms with Crippen molar-refractivity contribution in [1.82, 2.24) is 10.2 Å². The Bertz CT molecular complexity index is 270. The van der Waals surface area contributed by atoms with Gasteiger partial charge in [0, 0.05) is 19.1 Å². The summed E-state index contributed by atoms with van der Waals surface area (Å²) in [5.74, 6) is -0.0656. The lowest BCUT2D eigenvalue weighted by Crippen LogP contribution is -2.39. The molecule has 5 heteroatoms. The molecule has 4 nitrogen and oxygen atoms in total. The van der Waals surface area contributed by atoms with Crippen LogP contribution in [0.3, 0.4) is 0 Å². The Labute approximate surface area is 109 Å². The standard InChI is InChI=1S/C12H23N3OS/c1-10-5-2-3-7-15(10)8-4-6-14-12(16)9-11(13)17/h10H,2-9H2,1H3,(H2,13,17)(H,14,16). The second-order valence-electron chi connectivity index (χ2n) is 4.73. The molecule has 1 fully saturated rings. The van der Waals surface area contributed by atoms with Gasteiger partial charge in [-0.2, -0.15) is 0 Å². The molecule has 0 aliphatic carbocycles. The molecule has 1 amide bonds. The molecule has 1 unspecified atom stereocenters. The van der Waals surface area contributed by atoms with Crippen molar-refractivity contribution < 1.29 is 4.79 Å². The lowest BCUT2D eigenvalue weighted by molar-refractivity contribution is -0.119. The molecule has 1 aliphatic rings. The van der Waals surface area contributed by atoms with Gasteiger partial charge in [0.25, 0.3) is 0 Å². The van der Waals surface area contributed by atoms with Gasteiger partial charge < -0.3 is 16.0 Å². The van der Waals surface area contributed by atoms with E-state index in [1.807, 2.05) is 0 Å². The van der Waals surface area contributed by atoms with Gasteiger partial charge in [0.15, 0.2) is 0 Å². The molecule has 0 spiro atoms. The van der Waals surface area contributed by atoms with E-state index in [-0.39, 0.29) is 17.3 Å². The maximum absolute atomic E-state index is 11.3. The molecule has 0 aromatic carbocycles. The molecule has 1 saturated heterocycles. The van der Waals surface area contributed by atoms with Crippen LogP contribution in [0.25, 0.3) is 0 Å². The lowest BCUT2D eigenvalue weighted by atomic mass is 10.0. The average molecular weight is 257 g/mol. The van der Waals surface area contributed by atoms with Crippen molar-refractivity contribution in [3.63, 3.8) is 0 Å². The second kappa shape index (κ2) is 7.61. The van der Waals surface area contributed by atoms with E-state index in [1.165, 1.54) is 25.8 Å². The van der Waals surface area contributed by atoms with Gasteiger partial charge in [-0.25, -0.2) is 0 Å². The summed E-state index contributed by atoms with van der Waals surface area (Å²) in [5.41, 5.74) is 5.30. The van der Waals surface area contributed by atoms with Crippen molar-refractivity contribution >= 4 is 23.1 Å². The van der Waals surface area contributed by atoms with E-state index >= 15 is 0 Å². The number of nitrogens with zero attached hydrogens (tertiary/aromatic N) is 1. The van der Waals surface area contributed by atoms with Crippen LogP contribution >= 0.6 is 12.2 Å². The molecular formula is C12H23N3OS. The van der Waals surface area contributed by atoms with Crippen molar-refractivity contribution in [2.75, 3.05) is 19.6 Å². The van der Waals surface area contributed by atoms with Crippen LogP contribution in [-0.4, -0.2) is 41.5 Å². The quantitative estimate of drug-likeness (QED) is 0.551. The molecule has 1 heterocycles. The Balaban J connectivity index is 2.07. The fraction of sp³-hybridized carbons (Fsp3) is 0.833. The third-order valence-corrected chi connectivity index (χ3v) is 3.36. The average Bonchev–Trinajstić information content (AvgIpc) is 2.25. The third-order valence-electron chi connectivity index (χ3n) is 3.22. The molecule has 0 bridgehead atoms. The van der Waals surface area contributed by atoms with E-state index in [9.17, 15) is 4.79 Å². The maximum atomic E-state index is 11.3. The molecule has 0 saturated carbocycles. The number of rotatable bonds is 6. The Kier molecular flexibility index (Phi) is 6.44. The van der Waals surface area contributed by atoms with Gasteiger partial charge in [-0.3, -0.25) is 4.79 Å². The lowest BCUT2D eigenvalue weighted by Gasteiger charge is -2.33. The predicted molar refractivity (Wildman–Crippen MR) is 73.9 cm³/mol. The molecule has 17 heavy (non-hydrogen) atoms. The number of amides is 1. The Hall–Kier alpha value is -0.680. The normalized spacial score (nSPS) is 21.1. The Morgan fingerprint density at radius 3 is 2.94 bits per heavy atom. The van der Waals surface area contributed by atoms with Gasteiger partial charge in [0.2, 0.25) is 5.91 Å². The van der Waals surface area contributed by atoms with E-state index in [0.717, 1.165) is 13.0 Å². The first-order chi connectivity index (χ1) is 8.09. The number of likely N-dealkylation sites (tertiary alicyclic amines) is 1. The van der Waals surface area contributed by atoms with E-state index in [1.54, 1.807) is 0 Å². The summed E-state index contributed by atoms with van der Waals surface area (Å²) < 4.78 is 0. The molecule has 1 atom stereocenters. The minimum atomic E-state index is -0.0656. The minimum absolute atomic E-state index is 0.0656. The molecule has 0 aromatic heterocycles. The van der Waals surface area contributed by atoms with Crippen molar-refractivity contribution in [3.8, 4) is 0 Å². The van der Waals surface area contributed by atoms with Gasteiger partial charge in [-0.15, -0.1) is 0 Å². The summed E-state index contributed by atoms with van der Waals surface area (Å²) >= 11 is 4.68. The van der Waals surface area contributed by atoms with E-state index in [2.05, 4.69) is 29.4 Å². The van der Waals surface area contributed by atoms with Crippen molar-refractivity contribution in [3.05, 3.63) is 0 Å². The highest BCUT2D eigenvalue weighted by Gasteiger charge is 2.17. The number of piperidine rings is 1. The molecule has 0 radical (unpaired) electrons.